The summed E-state index contributed by atoms with van der Waals surface area (Å²) in [7, 11) is 1.60. The van der Waals surface area contributed by atoms with E-state index < -0.39 is 0 Å². The number of nitrogens with zero attached hydrogens (tertiary/aromatic N) is 1. The van der Waals surface area contributed by atoms with Crippen LogP contribution in [0, 0.1) is 5.92 Å². The summed E-state index contributed by atoms with van der Waals surface area (Å²) in [5.41, 5.74) is 0. The normalized spacial score (nSPS) is 24.2. The van der Waals surface area contributed by atoms with Crippen LogP contribution in [0.3, 0.4) is 0 Å². The van der Waals surface area contributed by atoms with Crippen molar-refractivity contribution >= 4 is 11.8 Å². The molecule has 0 bridgehead atoms. The third kappa shape index (κ3) is 3.48. The first-order chi connectivity index (χ1) is 7.54. The zero-order valence-corrected chi connectivity index (χ0v) is 9.90. The number of nitrogens with one attached hydrogen (secondary N) is 1. The molecular weight excluding hydrogens is 208 g/mol. The molecule has 0 aliphatic heterocycles. The van der Waals surface area contributed by atoms with Crippen molar-refractivity contribution in [1.82, 2.24) is 10.2 Å². The van der Waals surface area contributed by atoms with Gasteiger partial charge in [0, 0.05) is 32.5 Å². The van der Waals surface area contributed by atoms with E-state index in [0.717, 1.165) is 19.3 Å². The Morgan fingerprint density at radius 1 is 1.44 bits per heavy atom. The summed E-state index contributed by atoms with van der Waals surface area (Å²) in [5, 5.41) is 12.0. The van der Waals surface area contributed by atoms with Gasteiger partial charge in [-0.2, -0.15) is 0 Å². The number of likely N-dealkylation sites (N-methyl/N-ethyl adjacent to an activating group) is 1. The van der Waals surface area contributed by atoms with Gasteiger partial charge in [-0.05, 0) is 12.8 Å². The molecule has 0 aromatic heterocycles. The highest BCUT2D eigenvalue weighted by Crippen LogP contribution is 2.24. The Morgan fingerprint density at radius 2 is 2.12 bits per heavy atom. The van der Waals surface area contributed by atoms with Crippen LogP contribution in [0.4, 0.5) is 0 Å². The number of aliphatic hydroxyl groups excluding tert-OH is 1. The lowest BCUT2D eigenvalue weighted by atomic mass is 10.1. The van der Waals surface area contributed by atoms with Crippen molar-refractivity contribution in [2.24, 2.45) is 5.92 Å². The zero-order chi connectivity index (χ0) is 12.1. The zero-order valence-electron chi connectivity index (χ0n) is 9.90. The predicted molar refractivity (Wildman–Crippen MR) is 59.7 cm³/mol. The number of rotatable bonds is 4. The molecule has 5 nitrogen and oxygen atoms in total. The Balaban J connectivity index is 2.36. The molecule has 0 aromatic rings. The Hall–Kier alpha value is -1.10. The van der Waals surface area contributed by atoms with E-state index in [4.69, 9.17) is 5.11 Å². The molecule has 0 radical (unpaired) electrons. The molecule has 1 aliphatic rings. The monoisotopic (exact) mass is 228 g/mol. The minimum Gasteiger partial charge on any atom is -0.396 e. The van der Waals surface area contributed by atoms with Gasteiger partial charge < -0.3 is 15.3 Å². The summed E-state index contributed by atoms with van der Waals surface area (Å²) in [6, 6.07) is 0.0675. The summed E-state index contributed by atoms with van der Waals surface area (Å²) in [6.45, 7) is 1.64. The smallest absolute Gasteiger partial charge is 0.239 e. The van der Waals surface area contributed by atoms with Crippen LogP contribution in [0.25, 0.3) is 0 Å². The highest BCUT2D eigenvalue weighted by Gasteiger charge is 2.27. The second kappa shape index (κ2) is 5.84. The van der Waals surface area contributed by atoms with Gasteiger partial charge in [-0.25, -0.2) is 0 Å². The maximum Gasteiger partial charge on any atom is 0.239 e. The maximum absolute atomic E-state index is 11.6. The lowest BCUT2D eigenvalue weighted by Crippen LogP contribution is -2.44. The number of hydrogen-bond donors (Lipinski definition) is 2. The van der Waals surface area contributed by atoms with E-state index in [-0.39, 0.29) is 36.9 Å². The van der Waals surface area contributed by atoms with E-state index in [9.17, 15) is 9.59 Å². The van der Waals surface area contributed by atoms with Crippen LogP contribution in [-0.4, -0.2) is 48.1 Å². The van der Waals surface area contributed by atoms with Gasteiger partial charge >= 0.3 is 0 Å². The number of carbonyl (C=O) groups excluding carboxylic acids is 2. The molecule has 5 heteroatoms. The molecule has 1 aliphatic carbocycles. The van der Waals surface area contributed by atoms with Crippen LogP contribution in [0.2, 0.25) is 0 Å². The Labute approximate surface area is 95.8 Å². The Morgan fingerprint density at radius 3 is 2.69 bits per heavy atom. The van der Waals surface area contributed by atoms with E-state index in [0.29, 0.717) is 0 Å². The average molecular weight is 228 g/mol. The van der Waals surface area contributed by atoms with Crippen LogP contribution in [0.5, 0.6) is 0 Å². The molecule has 2 atom stereocenters. The van der Waals surface area contributed by atoms with Gasteiger partial charge in [0.1, 0.15) is 0 Å². The number of amides is 2. The SMILES string of the molecule is CC(=O)N(C)CC(=O)NC1CCCC1CO. The van der Waals surface area contributed by atoms with Crippen molar-refractivity contribution in [2.75, 3.05) is 20.2 Å². The summed E-state index contributed by atoms with van der Waals surface area (Å²) < 4.78 is 0. The van der Waals surface area contributed by atoms with E-state index in [1.54, 1.807) is 7.05 Å². The van der Waals surface area contributed by atoms with Gasteiger partial charge in [0.2, 0.25) is 11.8 Å². The summed E-state index contributed by atoms with van der Waals surface area (Å²) in [5.74, 6) is -0.102. The van der Waals surface area contributed by atoms with Gasteiger partial charge in [0.05, 0.1) is 6.54 Å². The second-order valence-corrected chi connectivity index (χ2v) is 4.42. The average Bonchev–Trinajstić information content (AvgIpc) is 2.64. The van der Waals surface area contributed by atoms with Crippen LogP contribution in [0.15, 0.2) is 0 Å². The number of aliphatic hydroxyl groups is 1. The Kier molecular flexibility index (Phi) is 4.73. The molecule has 1 fully saturated rings. The number of hydrogen-bond acceptors (Lipinski definition) is 3. The molecule has 1 saturated carbocycles. The maximum atomic E-state index is 11.6. The van der Waals surface area contributed by atoms with Crippen molar-refractivity contribution < 1.29 is 14.7 Å². The lowest BCUT2D eigenvalue weighted by Gasteiger charge is -2.21. The quantitative estimate of drug-likeness (QED) is 0.696. The molecule has 0 saturated heterocycles. The largest absolute Gasteiger partial charge is 0.396 e. The molecule has 2 N–H and O–H groups in total. The topological polar surface area (TPSA) is 69.6 Å². The summed E-state index contributed by atoms with van der Waals surface area (Å²) >= 11 is 0. The molecule has 92 valence electrons. The van der Waals surface area contributed by atoms with E-state index in [1.807, 2.05) is 0 Å². The van der Waals surface area contributed by atoms with Crippen LogP contribution < -0.4 is 5.32 Å². The standard InChI is InChI=1S/C11H20N2O3/c1-8(15)13(2)6-11(16)12-10-5-3-4-9(10)7-14/h9-10,14H,3-7H2,1-2H3,(H,12,16). The summed E-state index contributed by atoms with van der Waals surface area (Å²) in [6.07, 6.45) is 2.92. The molecule has 1 rings (SSSR count). The molecule has 0 spiro atoms. The third-order valence-electron chi connectivity index (χ3n) is 3.16. The highest BCUT2D eigenvalue weighted by molar-refractivity contribution is 5.83. The molecule has 2 unspecified atom stereocenters. The molecule has 0 heterocycles. The van der Waals surface area contributed by atoms with Crippen LogP contribution >= 0.6 is 0 Å². The molecular formula is C11H20N2O3. The minimum absolute atomic E-state index is 0.0675. The summed E-state index contributed by atoms with van der Waals surface area (Å²) in [4.78, 5) is 23.9. The molecule has 16 heavy (non-hydrogen) atoms. The van der Waals surface area contributed by atoms with Crippen molar-refractivity contribution in [2.45, 2.75) is 32.2 Å². The van der Waals surface area contributed by atoms with Crippen LogP contribution in [-0.2, 0) is 9.59 Å². The van der Waals surface area contributed by atoms with Crippen molar-refractivity contribution in [3.8, 4) is 0 Å². The first kappa shape index (κ1) is 13.0. The van der Waals surface area contributed by atoms with Crippen molar-refractivity contribution in [1.29, 1.82) is 0 Å². The highest BCUT2D eigenvalue weighted by atomic mass is 16.3. The third-order valence-corrected chi connectivity index (χ3v) is 3.16. The van der Waals surface area contributed by atoms with Crippen molar-refractivity contribution in [3.63, 3.8) is 0 Å². The fraction of sp³-hybridized carbons (Fsp3) is 0.818. The first-order valence-electron chi connectivity index (χ1n) is 5.66. The van der Waals surface area contributed by atoms with E-state index in [2.05, 4.69) is 5.32 Å². The minimum atomic E-state index is -0.150. The van der Waals surface area contributed by atoms with Gasteiger partial charge in [0.25, 0.3) is 0 Å². The van der Waals surface area contributed by atoms with Gasteiger partial charge in [-0.3, -0.25) is 9.59 Å². The Bertz CT molecular complexity index is 268. The fourth-order valence-corrected chi connectivity index (χ4v) is 2.02. The van der Waals surface area contributed by atoms with E-state index in [1.165, 1.54) is 11.8 Å². The molecule has 0 aromatic carbocycles. The number of carbonyl (C=O) groups is 2. The van der Waals surface area contributed by atoms with Gasteiger partial charge in [0.15, 0.2) is 0 Å². The molecule has 2 amide bonds. The van der Waals surface area contributed by atoms with Crippen molar-refractivity contribution in [3.05, 3.63) is 0 Å². The predicted octanol–water partition coefficient (Wildman–Crippen LogP) is -0.258. The lowest BCUT2D eigenvalue weighted by molar-refractivity contribution is -0.133. The fourth-order valence-electron chi connectivity index (χ4n) is 2.02. The van der Waals surface area contributed by atoms with E-state index >= 15 is 0 Å². The first-order valence-corrected chi connectivity index (χ1v) is 5.66. The van der Waals surface area contributed by atoms with Gasteiger partial charge in [-0.15, -0.1) is 0 Å². The second-order valence-electron chi connectivity index (χ2n) is 4.42. The van der Waals surface area contributed by atoms with Gasteiger partial charge in [-0.1, -0.05) is 6.42 Å². The van der Waals surface area contributed by atoms with Crippen LogP contribution in [0.1, 0.15) is 26.2 Å².